The van der Waals surface area contributed by atoms with Crippen LogP contribution in [0.25, 0.3) is 10.9 Å². The van der Waals surface area contributed by atoms with Gasteiger partial charge in [-0.15, -0.1) is 0 Å². The summed E-state index contributed by atoms with van der Waals surface area (Å²) in [6.45, 7) is 0. The molecule has 3 aromatic rings. The molecule has 82 valence electrons. The number of rotatable bonds is 2. The summed E-state index contributed by atoms with van der Waals surface area (Å²) in [5.41, 5.74) is 1.95. The third-order valence-electron chi connectivity index (χ3n) is 2.53. The standard InChI is InChI=1S/C14H11N3/c1-2-6-13-11(5-1)9-12(10-16-13)17-14-7-3-4-8-15-14/h1-10H,(H,15,17). The Balaban J connectivity index is 1.96. The van der Waals surface area contributed by atoms with Crippen LogP contribution in [-0.2, 0) is 0 Å². The summed E-state index contributed by atoms with van der Waals surface area (Å²) in [7, 11) is 0. The van der Waals surface area contributed by atoms with Crippen molar-refractivity contribution in [3.05, 3.63) is 60.9 Å². The van der Waals surface area contributed by atoms with E-state index in [1.807, 2.05) is 48.7 Å². The number of anilines is 2. The van der Waals surface area contributed by atoms with Gasteiger partial charge in [0.25, 0.3) is 0 Å². The first kappa shape index (κ1) is 9.78. The second kappa shape index (κ2) is 4.22. The largest absolute Gasteiger partial charge is 0.339 e. The molecule has 0 aliphatic rings. The quantitative estimate of drug-likeness (QED) is 0.721. The Morgan fingerprint density at radius 2 is 1.76 bits per heavy atom. The van der Waals surface area contributed by atoms with Crippen molar-refractivity contribution in [1.29, 1.82) is 0 Å². The zero-order valence-corrected chi connectivity index (χ0v) is 9.17. The van der Waals surface area contributed by atoms with Crippen molar-refractivity contribution in [3.8, 4) is 0 Å². The molecule has 0 saturated carbocycles. The Kier molecular flexibility index (Phi) is 2.43. The number of hydrogen-bond donors (Lipinski definition) is 1. The lowest BCUT2D eigenvalue weighted by Gasteiger charge is -2.05. The van der Waals surface area contributed by atoms with E-state index in [-0.39, 0.29) is 0 Å². The molecule has 2 aromatic heterocycles. The van der Waals surface area contributed by atoms with Crippen molar-refractivity contribution in [2.24, 2.45) is 0 Å². The number of hydrogen-bond acceptors (Lipinski definition) is 3. The third-order valence-corrected chi connectivity index (χ3v) is 2.53. The topological polar surface area (TPSA) is 37.8 Å². The molecule has 0 saturated heterocycles. The molecule has 2 heterocycles. The molecule has 0 bridgehead atoms. The summed E-state index contributed by atoms with van der Waals surface area (Å²) in [5.74, 6) is 0.824. The Bertz CT molecular complexity index is 635. The minimum atomic E-state index is 0.824. The molecule has 3 heteroatoms. The number of nitrogens with zero attached hydrogens (tertiary/aromatic N) is 2. The van der Waals surface area contributed by atoms with Gasteiger partial charge in [-0.25, -0.2) is 4.98 Å². The summed E-state index contributed by atoms with van der Waals surface area (Å²) in [6.07, 6.45) is 3.58. The van der Waals surface area contributed by atoms with Crippen LogP contribution in [0, 0.1) is 0 Å². The molecule has 1 N–H and O–H groups in total. The lowest BCUT2D eigenvalue weighted by molar-refractivity contribution is 1.30. The maximum atomic E-state index is 4.39. The lowest BCUT2D eigenvalue weighted by atomic mass is 10.2. The monoisotopic (exact) mass is 221 g/mol. The van der Waals surface area contributed by atoms with Gasteiger partial charge < -0.3 is 5.32 Å². The van der Waals surface area contributed by atoms with E-state index in [0.717, 1.165) is 22.4 Å². The molecule has 0 atom stereocenters. The SMILES string of the molecule is c1ccc(Nc2cnc3ccccc3c2)nc1. The minimum Gasteiger partial charge on any atom is -0.339 e. The summed E-state index contributed by atoms with van der Waals surface area (Å²) >= 11 is 0. The molecular weight excluding hydrogens is 210 g/mol. The van der Waals surface area contributed by atoms with Gasteiger partial charge in [0.15, 0.2) is 0 Å². The van der Waals surface area contributed by atoms with Gasteiger partial charge >= 0.3 is 0 Å². The lowest BCUT2D eigenvalue weighted by Crippen LogP contribution is -1.93. The van der Waals surface area contributed by atoms with Crippen LogP contribution in [0.5, 0.6) is 0 Å². The first-order valence-corrected chi connectivity index (χ1v) is 5.45. The third kappa shape index (κ3) is 2.08. The van der Waals surface area contributed by atoms with Crippen molar-refractivity contribution in [3.63, 3.8) is 0 Å². The fourth-order valence-electron chi connectivity index (χ4n) is 1.72. The zero-order valence-electron chi connectivity index (χ0n) is 9.17. The number of para-hydroxylation sites is 1. The molecule has 3 rings (SSSR count). The van der Waals surface area contributed by atoms with Crippen LogP contribution >= 0.6 is 0 Å². The highest BCUT2D eigenvalue weighted by molar-refractivity contribution is 5.82. The molecular formula is C14H11N3. The number of pyridine rings is 2. The fraction of sp³-hybridized carbons (Fsp3) is 0. The molecule has 0 aliphatic carbocycles. The highest BCUT2D eigenvalue weighted by Gasteiger charge is 1.98. The minimum absolute atomic E-state index is 0.824. The average Bonchev–Trinajstić information content (AvgIpc) is 2.40. The summed E-state index contributed by atoms with van der Waals surface area (Å²) in [4.78, 5) is 8.60. The van der Waals surface area contributed by atoms with Gasteiger partial charge in [0.2, 0.25) is 0 Å². The Morgan fingerprint density at radius 1 is 0.882 bits per heavy atom. The summed E-state index contributed by atoms with van der Waals surface area (Å²) < 4.78 is 0. The van der Waals surface area contributed by atoms with Crippen molar-refractivity contribution in [2.45, 2.75) is 0 Å². The van der Waals surface area contributed by atoms with Crippen LogP contribution in [0.1, 0.15) is 0 Å². The molecule has 1 aromatic carbocycles. The number of benzene rings is 1. The second-order valence-corrected chi connectivity index (χ2v) is 3.76. The second-order valence-electron chi connectivity index (χ2n) is 3.76. The van der Waals surface area contributed by atoms with Crippen molar-refractivity contribution in [1.82, 2.24) is 9.97 Å². The van der Waals surface area contributed by atoms with Gasteiger partial charge in [-0.2, -0.15) is 0 Å². The van der Waals surface area contributed by atoms with Crippen LogP contribution in [0.15, 0.2) is 60.9 Å². The highest BCUT2D eigenvalue weighted by Crippen LogP contribution is 2.18. The van der Waals surface area contributed by atoms with Gasteiger partial charge in [-0.3, -0.25) is 4.98 Å². The molecule has 0 fully saturated rings. The fourth-order valence-corrected chi connectivity index (χ4v) is 1.72. The van der Waals surface area contributed by atoms with Crippen LogP contribution in [0.2, 0.25) is 0 Å². The maximum Gasteiger partial charge on any atom is 0.130 e. The van der Waals surface area contributed by atoms with Gasteiger partial charge in [0.1, 0.15) is 5.82 Å². The molecule has 0 aliphatic heterocycles. The van der Waals surface area contributed by atoms with E-state index >= 15 is 0 Å². The first-order valence-electron chi connectivity index (χ1n) is 5.45. The number of nitrogens with one attached hydrogen (secondary N) is 1. The number of aromatic nitrogens is 2. The summed E-state index contributed by atoms with van der Waals surface area (Å²) in [5, 5.41) is 4.34. The maximum absolute atomic E-state index is 4.39. The van der Waals surface area contributed by atoms with E-state index in [4.69, 9.17) is 0 Å². The van der Waals surface area contributed by atoms with E-state index < -0.39 is 0 Å². The Morgan fingerprint density at radius 3 is 2.65 bits per heavy atom. The van der Waals surface area contributed by atoms with Gasteiger partial charge in [-0.05, 0) is 24.3 Å². The first-order chi connectivity index (χ1) is 8.42. The van der Waals surface area contributed by atoms with Crippen LogP contribution in [0.4, 0.5) is 11.5 Å². The predicted octanol–water partition coefficient (Wildman–Crippen LogP) is 3.37. The molecule has 3 nitrogen and oxygen atoms in total. The van der Waals surface area contributed by atoms with Crippen molar-refractivity contribution in [2.75, 3.05) is 5.32 Å². The van der Waals surface area contributed by atoms with E-state index in [9.17, 15) is 0 Å². The highest BCUT2D eigenvalue weighted by atomic mass is 15.0. The van der Waals surface area contributed by atoms with Gasteiger partial charge in [0.05, 0.1) is 17.4 Å². The Hall–Kier alpha value is -2.42. The molecule has 17 heavy (non-hydrogen) atoms. The van der Waals surface area contributed by atoms with E-state index in [1.54, 1.807) is 6.20 Å². The molecule has 0 unspecified atom stereocenters. The van der Waals surface area contributed by atoms with Crippen LogP contribution in [-0.4, -0.2) is 9.97 Å². The molecule has 0 radical (unpaired) electrons. The Labute approximate surface area is 99.2 Å². The smallest absolute Gasteiger partial charge is 0.130 e. The van der Waals surface area contributed by atoms with Crippen LogP contribution < -0.4 is 5.32 Å². The zero-order chi connectivity index (χ0) is 11.5. The molecule has 0 spiro atoms. The van der Waals surface area contributed by atoms with E-state index in [0.29, 0.717) is 0 Å². The predicted molar refractivity (Wildman–Crippen MR) is 69.3 cm³/mol. The normalized spacial score (nSPS) is 10.4. The van der Waals surface area contributed by atoms with E-state index in [2.05, 4.69) is 21.4 Å². The average molecular weight is 221 g/mol. The van der Waals surface area contributed by atoms with Crippen molar-refractivity contribution >= 4 is 22.4 Å². The van der Waals surface area contributed by atoms with Gasteiger partial charge in [-0.1, -0.05) is 24.3 Å². The number of fused-ring (bicyclic) bond motifs is 1. The van der Waals surface area contributed by atoms with Gasteiger partial charge in [0, 0.05) is 11.6 Å². The van der Waals surface area contributed by atoms with E-state index in [1.165, 1.54) is 0 Å². The summed E-state index contributed by atoms with van der Waals surface area (Å²) in [6, 6.07) is 15.9. The van der Waals surface area contributed by atoms with Crippen LogP contribution in [0.3, 0.4) is 0 Å². The molecule has 0 amide bonds. The van der Waals surface area contributed by atoms with Crippen molar-refractivity contribution < 1.29 is 0 Å².